The molecule has 1 aliphatic rings. The molecule has 0 amide bonds. The van der Waals surface area contributed by atoms with Crippen LogP contribution in [0.15, 0.2) is 34.8 Å². The normalized spacial score (nSPS) is 15.3. The predicted octanol–water partition coefficient (Wildman–Crippen LogP) is 2.75. The average molecular weight is 315 g/mol. The zero-order valence-electron chi connectivity index (χ0n) is 14.6. The summed E-state index contributed by atoms with van der Waals surface area (Å²) in [5, 5.41) is 6.77. The van der Waals surface area contributed by atoms with E-state index in [1.54, 1.807) is 0 Å². The van der Waals surface area contributed by atoms with Gasteiger partial charge in [-0.3, -0.25) is 4.99 Å². The number of aryl methyl sites for hydroxylation is 2. The molecule has 0 unspecified atom stereocenters. The van der Waals surface area contributed by atoms with Gasteiger partial charge in [0.2, 0.25) is 0 Å². The van der Waals surface area contributed by atoms with Crippen molar-refractivity contribution in [2.75, 3.05) is 33.4 Å². The maximum Gasteiger partial charge on any atom is 0.190 e. The zero-order chi connectivity index (χ0) is 16.5. The van der Waals surface area contributed by atoms with Crippen molar-refractivity contribution in [3.05, 3.63) is 46.5 Å². The van der Waals surface area contributed by atoms with E-state index in [0.717, 1.165) is 51.5 Å². The molecule has 0 fully saturated rings. The van der Waals surface area contributed by atoms with Gasteiger partial charge in [0.1, 0.15) is 0 Å². The van der Waals surface area contributed by atoms with Crippen LogP contribution in [0.5, 0.6) is 0 Å². The Hall–Kier alpha value is -1.81. The van der Waals surface area contributed by atoms with Gasteiger partial charge in [0.25, 0.3) is 0 Å². The second-order valence-electron chi connectivity index (χ2n) is 6.11. The van der Waals surface area contributed by atoms with Crippen LogP contribution in [-0.4, -0.2) is 39.3 Å². The van der Waals surface area contributed by atoms with Crippen molar-refractivity contribution in [1.29, 1.82) is 0 Å². The number of hydrogen-bond acceptors (Lipinski definition) is 2. The molecular formula is C19H29N3O. The van der Waals surface area contributed by atoms with Gasteiger partial charge in [-0.1, -0.05) is 41.0 Å². The molecule has 2 N–H and O–H groups in total. The summed E-state index contributed by atoms with van der Waals surface area (Å²) in [4.78, 5) is 4.29. The fraction of sp³-hybridized carbons (Fsp3) is 0.526. The van der Waals surface area contributed by atoms with Gasteiger partial charge in [0, 0.05) is 20.1 Å². The molecule has 0 bridgehead atoms. The second kappa shape index (κ2) is 9.36. The fourth-order valence-corrected chi connectivity index (χ4v) is 2.89. The first kappa shape index (κ1) is 17.5. The number of guanidine groups is 1. The van der Waals surface area contributed by atoms with Crippen molar-refractivity contribution in [2.24, 2.45) is 4.99 Å². The standard InChI is InChI=1S/C19H29N3O/c1-15-12-16(2)14-18(13-15)5-9-22-19(20-3)21-8-4-17-6-10-23-11-7-17/h6,12-14H,4-5,7-11H2,1-3H3,(H2,20,21,22). The Morgan fingerprint density at radius 1 is 1.09 bits per heavy atom. The van der Waals surface area contributed by atoms with E-state index in [0.29, 0.717) is 0 Å². The summed E-state index contributed by atoms with van der Waals surface area (Å²) >= 11 is 0. The Labute approximate surface area is 140 Å². The van der Waals surface area contributed by atoms with E-state index in [1.165, 1.54) is 22.3 Å². The van der Waals surface area contributed by atoms with Gasteiger partial charge in [0.05, 0.1) is 13.2 Å². The van der Waals surface area contributed by atoms with Crippen LogP contribution in [0.1, 0.15) is 29.5 Å². The van der Waals surface area contributed by atoms with Gasteiger partial charge >= 0.3 is 0 Å². The molecule has 23 heavy (non-hydrogen) atoms. The Balaban J connectivity index is 1.69. The minimum absolute atomic E-state index is 0.762. The quantitative estimate of drug-likeness (QED) is 0.482. The van der Waals surface area contributed by atoms with Gasteiger partial charge in [-0.25, -0.2) is 0 Å². The van der Waals surface area contributed by atoms with Gasteiger partial charge in [0.15, 0.2) is 5.96 Å². The minimum atomic E-state index is 0.762. The van der Waals surface area contributed by atoms with Gasteiger partial charge in [-0.15, -0.1) is 0 Å². The van der Waals surface area contributed by atoms with Gasteiger partial charge in [-0.05, 0) is 38.7 Å². The van der Waals surface area contributed by atoms with E-state index >= 15 is 0 Å². The molecule has 1 aromatic rings. The number of rotatable bonds is 6. The number of nitrogens with zero attached hydrogens (tertiary/aromatic N) is 1. The van der Waals surface area contributed by atoms with Crippen molar-refractivity contribution in [3.63, 3.8) is 0 Å². The van der Waals surface area contributed by atoms with Gasteiger partial charge in [-0.2, -0.15) is 0 Å². The molecule has 0 spiro atoms. The lowest BCUT2D eigenvalue weighted by Crippen LogP contribution is -2.38. The van der Waals surface area contributed by atoms with E-state index in [2.05, 4.69) is 53.7 Å². The summed E-state index contributed by atoms with van der Waals surface area (Å²) in [6.45, 7) is 7.71. The first-order chi connectivity index (χ1) is 11.2. The van der Waals surface area contributed by atoms with Crippen LogP contribution < -0.4 is 10.6 Å². The molecule has 1 aliphatic heterocycles. The summed E-state index contributed by atoms with van der Waals surface area (Å²) in [6.07, 6.45) is 5.31. The molecule has 0 atom stereocenters. The Kier molecular flexibility index (Phi) is 7.14. The lowest BCUT2D eigenvalue weighted by atomic mass is 10.1. The summed E-state index contributed by atoms with van der Waals surface area (Å²) in [6, 6.07) is 6.72. The molecule has 4 nitrogen and oxygen atoms in total. The Bertz CT molecular complexity index is 543. The highest BCUT2D eigenvalue weighted by Gasteiger charge is 2.04. The number of nitrogens with one attached hydrogen (secondary N) is 2. The lowest BCUT2D eigenvalue weighted by Gasteiger charge is -2.15. The summed E-state index contributed by atoms with van der Waals surface area (Å²) < 4.78 is 5.33. The molecule has 0 aliphatic carbocycles. The van der Waals surface area contributed by atoms with E-state index in [1.807, 2.05) is 7.05 Å². The van der Waals surface area contributed by atoms with Crippen molar-refractivity contribution in [3.8, 4) is 0 Å². The third-order valence-corrected chi connectivity index (χ3v) is 4.01. The second-order valence-corrected chi connectivity index (χ2v) is 6.11. The predicted molar refractivity (Wildman–Crippen MR) is 97.1 cm³/mol. The van der Waals surface area contributed by atoms with Crippen LogP contribution in [0.3, 0.4) is 0 Å². The largest absolute Gasteiger partial charge is 0.377 e. The highest BCUT2D eigenvalue weighted by atomic mass is 16.5. The molecule has 0 aromatic heterocycles. The molecule has 4 heteroatoms. The van der Waals surface area contributed by atoms with Crippen LogP contribution in [-0.2, 0) is 11.2 Å². The maximum atomic E-state index is 5.33. The summed E-state index contributed by atoms with van der Waals surface area (Å²) in [5.74, 6) is 0.877. The highest BCUT2D eigenvalue weighted by molar-refractivity contribution is 5.79. The Morgan fingerprint density at radius 2 is 1.78 bits per heavy atom. The SMILES string of the molecule is CN=C(NCCC1=CCOCC1)NCCc1cc(C)cc(C)c1. The number of hydrogen-bond donors (Lipinski definition) is 2. The molecule has 126 valence electrons. The van der Waals surface area contributed by atoms with Crippen LogP contribution in [0.2, 0.25) is 0 Å². The summed E-state index contributed by atoms with van der Waals surface area (Å²) in [5.41, 5.74) is 5.51. The third kappa shape index (κ3) is 6.45. The van der Waals surface area contributed by atoms with Crippen molar-refractivity contribution < 1.29 is 4.74 Å². The summed E-state index contributed by atoms with van der Waals surface area (Å²) in [7, 11) is 1.82. The number of benzene rings is 1. The maximum absolute atomic E-state index is 5.33. The highest BCUT2D eigenvalue weighted by Crippen LogP contribution is 2.11. The average Bonchev–Trinajstić information content (AvgIpc) is 2.53. The van der Waals surface area contributed by atoms with E-state index < -0.39 is 0 Å². The molecule has 1 aromatic carbocycles. The van der Waals surface area contributed by atoms with Gasteiger partial charge < -0.3 is 15.4 Å². The monoisotopic (exact) mass is 315 g/mol. The zero-order valence-corrected chi connectivity index (χ0v) is 14.6. The van der Waals surface area contributed by atoms with Crippen LogP contribution in [0.4, 0.5) is 0 Å². The number of aliphatic imine (C=N–C) groups is 1. The van der Waals surface area contributed by atoms with Crippen LogP contribution in [0.25, 0.3) is 0 Å². The van der Waals surface area contributed by atoms with E-state index in [4.69, 9.17) is 4.74 Å². The molecule has 0 saturated carbocycles. The molecule has 2 rings (SSSR count). The smallest absolute Gasteiger partial charge is 0.190 e. The van der Waals surface area contributed by atoms with Crippen molar-refractivity contribution >= 4 is 5.96 Å². The molecule has 0 radical (unpaired) electrons. The molecule has 0 saturated heterocycles. The molecular weight excluding hydrogens is 286 g/mol. The first-order valence-electron chi connectivity index (χ1n) is 8.44. The van der Waals surface area contributed by atoms with E-state index in [-0.39, 0.29) is 0 Å². The van der Waals surface area contributed by atoms with E-state index in [9.17, 15) is 0 Å². The van der Waals surface area contributed by atoms with Crippen LogP contribution >= 0.6 is 0 Å². The third-order valence-electron chi connectivity index (χ3n) is 4.01. The number of ether oxygens (including phenoxy) is 1. The fourth-order valence-electron chi connectivity index (χ4n) is 2.89. The van der Waals surface area contributed by atoms with Crippen molar-refractivity contribution in [1.82, 2.24) is 10.6 Å². The topological polar surface area (TPSA) is 45.7 Å². The molecule has 1 heterocycles. The Morgan fingerprint density at radius 3 is 2.39 bits per heavy atom. The van der Waals surface area contributed by atoms with Crippen molar-refractivity contribution in [2.45, 2.75) is 33.1 Å². The lowest BCUT2D eigenvalue weighted by molar-refractivity contribution is 0.153. The first-order valence-corrected chi connectivity index (χ1v) is 8.44. The minimum Gasteiger partial charge on any atom is -0.377 e. The van der Waals surface area contributed by atoms with Crippen LogP contribution in [0, 0.1) is 13.8 Å².